The van der Waals surface area contributed by atoms with Crippen LogP contribution in [-0.4, -0.2) is 4.57 Å². The summed E-state index contributed by atoms with van der Waals surface area (Å²) in [6, 6.07) is 12.2. The molecule has 0 saturated heterocycles. The molecule has 0 amide bonds. The van der Waals surface area contributed by atoms with Gasteiger partial charge < -0.3 is 4.42 Å². The van der Waals surface area contributed by atoms with E-state index in [-0.39, 0.29) is 5.56 Å². The lowest BCUT2D eigenvalue weighted by atomic mass is 10.1. The minimum atomic E-state index is -0.669. The van der Waals surface area contributed by atoms with Gasteiger partial charge in [-0.2, -0.15) is 0 Å². The van der Waals surface area contributed by atoms with E-state index in [1.54, 1.807) is 30.3 Å². The lowest BCUT2D eigenvalue weighted by Gasteiger charge is -2.07. The number of nitrogens with zero attached hydrogens (tertiary/aromatic N) is 1. The van der Waals surface area contributed by atoms with Crippen LogP contribution in [0.5, 0.6) is 0 Å². The van der Waals surface area contributed by atoms with E-state index in [1.165, 1.54) is 0 Å². The Morgan fingerprint density at radius 1 is 0.950 bits per heavy atom. The van der Waals surface area contributed by atoms with Crippen molar-refractivity contribution in [1.82, 2.24) is 4.57 Å². The van der Waals surface area contributed by atoms with Crippen molar-refractivity contribution in [3.8, 4) is 5.69 Å². The molecule has 3 aromatic rings. The maximum atomic E-state index is 12.4. The Hall–Kier alpha value is -2.62. The van der Waals surface area contributed by atoms with Crippen LogP contribution in [0.25, 0.3) is 16.7 Å². The van der Waals surface area contributed by atoms with Crippen LogP contribution in [0.4, 0.5) is 0 Å². The number of benzene rings is 2. The van der Waals surface area contributed by atoms with Crippen molar-refractivity contribution in [2.45, 2.75) is 13.8 Å². The number of para-hydroxylation sites is 1. The Morgan fingerprint density at radius 3 is 2.45 bits per heavy atom. The van der Waals surface area contributed by atoms with E-state index in [1.807, 2.05) is 26.0 Å². The van der Waals surface area contributed by atoms with Gasteiger partial charge in [0.05, 0.1) is 11.1 Å². The van der Waals surface area contributed by atoms with Crippen molar-refractivity contribution in [3.63, 3.8) is 0 Å². The van der Waals surface area contributed by atoms with Crippen molar-refractivity contribution >= 4 is 11.0 Å². The minimum Gasteiger partial charge on any atom is -0.409 e. The van der Waals surface area contributed by atoms with Crippen molar-refractivity contribution < 1.29 is 4.42 Å². The second-order valence-corrected chi connectivity index (χ2v) is 4.77. The van der Waals surface area contributed by atoms with Crippen LogP contribution < -0.4 is 11.3 Å². The normalized spacial score (nSPS) is 10.9. The summed E-state index contributed by atoms with van der Waals surface area (Å²) >= 11 is 0. The summed E-state index contributed by atoms with van der Waals surface area (Å²) in [6.07, 6.45) is 0. The zero-order valence-corrected chi connectivity index (χ0v) is 11.2. The van der Waals surface area contributed by atoms with Crippen molar-refractivity contribution in [3.05, 3.63) is 74.5 Å². The molecule has 20 heavy (non-hydrogen) atoms. The summed E-state index contributed by atoms with van der Waals surface area (Å²) in [7, 11) is 0. The zero-order chi connectivity index (χ0) is 14.3. The third-order valence-corrected chi connectivity index (χ3v) is 3.45. The van der Waals surface area contributed by atoms with Gasteiger partial charge in [-0.05, 0) is 49.2 Å². The molecule has 0 saturated carbocycles. The molecule has 4 nitrogen and oxygen atoms in total. The van der Waals surface area contributed by atoms with Crippen LogP contribution in [0.2, 0.25) is 0 Å². The molecule has 0 aliphatic rings. The second kappa shape index (κ2) is 4.49. The minimum absolute atomic E-state index is 0.308. The van der Waals surface area contributed by atoms with Gasteiger partial charge in [-0.3, -0.25) is 4.79 Å². The van der Waals surface area contributed by atoms with Crippen LogP contribution in [0.1, 0.15) is 11.1 Å². The highest BCUT2D eigenvalue weighted by atomic mass is 16.4. The third-order valence-electron chi connectivity index (χ3n) is 3.45. The Kier molecular flexibility index (Phi) is 2.79. The van der Waals surface area contributed by atoms with Crippen molar-refractivity contribution in [2.75, 3.05) is 0 Å². The predicted molar refractivity (Wildman–Crippen MR) is 77.6 cm³/mol. The van der Waals surface area contributed by atoms with Gasteiger partial charge in [0.15, 0.2) is 0 Å². The van der Waals surface area contributed by atoms with Crippen LogP contribution in [0, 0.1) is 13.8 Å². The molecular formula is C16H13NO3. The summed E-state index contributed by atoms with van der Waals surface area (Å²) in [5.74, 6) is -0.669. The van der Waals surface area contributed by atoms with Gasteiger partial charge >= 0.3 is 5.76 Å². The van der Waals surface area contributed by atoms with E-state index < -0.39 is 5.76 Å². The summed E-state index contributed by atoms with van der Waals surface area (Å²) < 4.78 is 6.27. The van der Waals surface area contributed by atoms with E-state index in [2.05, 4.69) is 0 Å². The largest absolute Gasteiger partial charge is 0.426 e. The molecule has 1 heterocycles. The van der Waals surface area contributed by atoms with Gasteiger partial charge in [0, 0.05) is 0 Å². The first-order valence-corrected chi connectivity index (χ1v) is 6.30. The topological polar surface area (TPSA) is 52.2 Å². The molecule has 3 rings (SSSR count). The predicted octanol–water partition coefficient (Wildman–Crippen LogP) is 2.56. The molecule has 0 radical (unpaired) electrons. The third kappa shape index (κ3) is 1.86. The number of fused-ring (bicyclic) bond motifs is 1. The molecule has 0 fully saturated rings. The molecule has 4 heteroatoms. The fourth-order valence-corrected chi connectivity index (χ4v) is 2.16. The van der Waals surface area contributed by atoms with E-state index in [0.717, 1.165) is 15.7 Å². The molecule has 1 aromatic heterocycles. The molecular weight excluding hydrogens is 254 g/mol. The SMILES string of the molecule is Cc1ccc(-n2c(=O)oc3ccccc3c2=O)cc1C. The fourth-order valence-electron chi connectivity index (χ4n) is 2.16. The van der Waals surface area contributed by atoms with Gasteiger partial charge in [0.1, 0.15) is 5.58 Å². The van der Waals surface area contributed by atoms with Crippen LogP contribution in [0.3, 0.4) is 0 Å². The highest BCUT2D eigenvalue weighted by Crippen LogP contribution is 2.13. The monoisotopic (exact) mass is 267 g/mol. The Labute approximate surface area is 114 Å². The standard InChI is InChI=1S/C16H13NO3/c1-10-7-8-12(9-11(10)2)17-15(18)13-5-3-4-6-14(13)20-16(17)19/h3-9H,1-2H3. The Morgan fingerprint density at radius 2 is 1.70 bits per heavy atom. The summed E-state index contributed by atoms with van der Waals surface area (Å²) in [4.78, 5) is 24.5. The molecule has 0 atom stereocenters. The molecule has 100 valence electrons. The van der Waals surface area contributed by atoms with E-state index in [0.29, 0.717) is 16.7 Å². The highest BCUT2D eigenvalue weighted by Gasteiger charge is 2.11. The molecule has 0 N–H and O–H groups in total. The lowest BCUT2D eigenvalue weighted by molar-refractivity contribution is 0.504. The second-order valence-electron chi connectivity index (χ2n) is 4.77. The average molecular weight is 267 g/mol. The highest BCUT2D eigenvalue weighted by molar-refractivity contribution is 5.75. The smallest absolute Gasteiger partial charge is 0.409 e. The fraction of sp³-hybridized carbons (Fsp3) is 0.125. The van der Waals surface area contributed by atoms with E-state index >= 15 is 0 Å². The van der Waals surface area contributed by atoms with E-state index in [9.17, 15) is 9.59 Å². The Bertz CT molecular complexity index is 919. The zero-order valence-electron chi connectivity index (χ0n) is 11.2. The van der Waals surface area contributed by atoms with Gasteiger partial charge in [-0.25, -0.2) is 9.36 Å². The maximum Gasteiger partial charge on any atom is 0.426 e. The molecule has 0 aliphatic carbocycles. The van der Waals surface area contributed by atoms with Crippen LogP contribution in [-0.2, 0) is 0 Å². The molecule has 2 aromatic carbocycles. The van der Waals surface area contributed by atoms with E-state index in [4.69, 9.17) is 4.42 Å². The first-order chi connectivity index (χ1) is 9.58. The first kappa shape index (κ1) is 12.4. The van der Waals surface area contributed by atoms with Gasteiger partial charge in [0.25, 0.3) is 5.56 Å². The molecule has 0 bridgehead atoms. The van der Waals surface area contributed by atoms with Crippen LogP contribution in [0.15, 0.2) is 56.5 Å². The molecule has 0 aliphatic heterocycles. The number of aromatic nitrogens is 1. The maximum absolute atomic E-state index is 12.4. The van der Waals surface area contributed by atoms with Gasteiger partial charge in [0.2, 0.25) is 0 Å². The average Bonchev–Trinajstić information content (AvgIpc) is 2.43. The summed E-state index contributed by atoms with van der Waals surface area (Å²) in [5.41, 5.74) is 2.59. The van der Waals surface area contributed by atoms with Crippen molar-refractivity contribution in [1.29, 1.82) is 0 Å². The van der Waals surface area contributed by atoms with Crippen molar-refractivity contribution in [2.24, 2.45) is 0 Å². The Balaban J connectivity index is 2.39. The number of rotatable bonds is 1. The molecule has 0 spiro atoms. The van der Waals surface area contributed by atoms with Gasteiger partial charge in [-0.1, -0.05) is 18.2 Å². The quantitative estimate of drug-likeness (QED) is 0.681. The summed E-state index contributed by atoms with van der Waals surface area (Å²) in [6.45, 7) is 3.91. The number of aryl methyl sites for hydroxylation is 2. The van der Waals surface area contributed by atoms with Gasteiger partial charge in [-0.15, -0.1) is 0 Å². The summed E-state index contributed by atoms with van der Waals surface area (Å²) in [5, 5.41) is 0.394. The van der Waals surface area contributed by atoms with Crippen LogP contribution >= 0.6 is 0 Å². The number of hydrogen-bond donors (Lipinski definition) is 0. The number of hydrogen-bond acceptors (Lipinski definition) is 3. The lowest BCUT2D eigenvalue weighted by Crippen LogP contribution is -2.30. The molecule has 0 unspecified atom stereocenters. The first-order valence-electron chi connectivity index (χ1n) is 6.30.